The van der Waals surface area contributed by atoms with Crippen molar-refractivity contribution < 1.29 is 14.2 Å². The molecule has 0 saturated carbocycles. The molecule has 0 aliphatic carbocycles. The summed E-state index contributed by atoms with van der Waals surface area (Å²) in [5.41, 5.74) is 3.43. The molecule has 3 nitrogen and oxygen atoms in total. The van der Waals surface area contributed by atoms with Gasteiger partial charge in [-0.3, -0.25) is 0 Å². The van der Waals surface area contributed by atoms with Gasteiger partial charge in [-0.25, -0.2) is 0 Å². The first-order chi connectivity index (χ1) is 11.3. The SMILES string of the molecule is COCOCc1ccccc1-c1cccc2cccc(OC)c12. The lowest BCUT2D eigenvalue weighted by molar-refractivity contribution is -0.0389. The molecule has 0 bridgehead atoms. The van der Waals surface area contributed by atoms with Crippen LogP contribution in [-0.2, 0) is 16.1 Å². The molecule has 0 fully saturated rings. The van der Waals surface area contributed by atoms with Gasteiger partial charge in [-0.1, -0.05) is 54.6 Å². The highest BCUT2D eigenvalue weighted by molar-refractivity contribution is 6.01. The fraction of sp³-hybridized carbons (Fsp3) is 0.200. The Morgan fingerprint density at radius 3 is 2.30 bits per heavy atom. The second kappa shape index (κ2) is 7.27. The van der Waals surface area contributed by atoms with Gasteiger partial charge in [0.1, 0.15) is 12.5 Å². The number of hydrogen-bond donors (Lipinski definition) is 0. The second-order valence-electron chi connectivity index (χ2n) is 5.28. The van der Waals surface area contributed by atoms with Crippen molar-refractivity contribution in [3.05, 3.63) is 66.2 Å². The highest BCUT2D eigenvalue weighted by Gasteiger charge is 2.11. The van der Waals surface area contributed by atoms with Gasteiger partial charge in [0, 0.05) is 12.5 Å². The van der Waals surface area contributed by atoms with Gasteiger partial charge in [0.25, 0.3) is 0 Å². The zero-order chi connectivity index (χ0) is 16.1. The molecule has 118 valence electrons. The Bertz CT molecular complexity index is 790. The summed E-state index contributed by atoms with van der Waals surface area (Å²) < 4.78 is 16.1. The third-order valence-electron chi connectivity index (χ3n) is 3.85. The highest BCUT2D eigenvalue weighted by Crippen LogP contribution is 2.36. The van der Waals surface area contributed by atoms with E-state index in [9.17, 15) is 0 Å². The van der Waals surface area contributed by atoms with Crippen molar-refractivity contribution in [3.8, 4) is 16.9 Å². The highest BCUT2D eigenvalue weighted by atomic mass is 16.7. The average molecular weight is 308 g/mol. The van der Waals surface area contributed by atoms with Gasteiger partial charge in [0.2, 0.25) is 0 Å². The van der Waals surface area contributed by atoms with Crippen molar-refractivity contribution in [3.63, 3.8) is 0 Å². The molecule has 0 heterocycles. The predicted molar refractivity (Wildman–Crippen MR) is 92.6 cm³/mol. The number of fused-ring (bicyclic) bond motifs is 1. The molecular formula is C20H20O3. The summed E-state index contributed by atoms with van der Waals surface area (Å²) >= 11 is 0. The lowest BCUT2D eigenvalue weighted by Gasteiger charge is -2.14. The van der Waals surface area contributed by atoms with E-state index in [-0.39, 0.29) is 6.79 Å². The van der Waals surface area contributed by atoms with Crippen LogP contribution in [0.15, 0.2) is 60.7 Å². The first-order valence-electron chi connectivity index (χ1n) is 7.56. The predicted octanol–water partition coefficient (Wildman–Crippen LogP) is 4.64. The van der Waals surface area contributed by atoms with E-state index in [1.54, 1.807) is 14.2 Å². The molecule has 3 heteroatoms. The quantitative estimate of drug-likeness (QED) is 0.490. The molecule has 3 aromatic carbocycles. The van der Waals surface area contributed by atoms with Crippen LogP contribution in [0.25, 0.3) is 21.9 Å². The summed E-state index contributed by atoms with van der Waals surface area (Å²) in [6.07, 6.45) is 0. The van der Waals surface area contributed by atoms with Gasteiger partial charge in [0.05, 0.1) is 13.7 Å². The number of methoxy groups -OCH3 is 2. The lowest BCUT2D eigenvalue weighted by Crippen LogP contribution is -1.99. The maximum Gasteiger partial charge on any atom is 0.146 e. The molecule has 0 N–H and O–H groups in total. The zero-order valence-corrected chi connectivity index (χ0v) is 13.4. The van der Waals surface area contributed by atoms with Crippen molar-refractivity contribution >= 4 is 10.8 Å². The average Bonchev–Trinajstić information content (AvgIpc) is 2.61. The van der Waals surface area contributed by atoms with E-state index in [4.69, 9.17) is 14.2 Å². The molecule has 3 rings (SSSR count). The Morgan fingerprint density at radius 1 is 0.783 bits per heavy atom. The third kappa shape index (κ3) is 3.21. The molecule has 3 aromatic rings. The van der Waals surface area contributed by atoms with Crippen LogP contribution in [0.4, 0.5) is 0 Å². The molecule has 0 atom stereocenters. The van der Waals surface area contributed by atoms with Crippen LogP contribution in [-0.4, -0.2) is 21.0 Å². The Morgan fingerprint density at radius 2 is 1.52 bits per heavy atom. The van der Waals surface area contributed by atoms with Gasteiger partial charge in [0.15, 0.2) is 0 Å². The summed E-state index contributed by atoms with van der Waals surface area (Å²) in [5, 5.41) is 2.28. The minimum absolute atomic E-state index is 0.285. The monoisotopic (exact) mass is 308 g/mol. The van der Waals surface area contributed by atoms with E-state index < -0.39 is 0 Å². The number of benzene rings is 3. The van der Waals surface area contributed by atoms with Gasteiger partial charge < -0.3 is 14.2 Å². The molecule has 0 radical (unpaired) electrons. The minimum atomic E-state index is 0.285. The normalized spacial score (nSPS) is 10.9. The van der Waals surface area contributed by atoms with Crippen LogP contribution < -0.4 is 4.74 Å². The van der Waals surface area contributed by atoms with Crippen LogP contribution in [0, 0.1) is 0 Å². The Kier molecular flexibility index (Phi) is 4.91. The number of hydrogen-bond acceptors (Lipinski definition) is 3. The fourth-order valence-electron chi connectivity index (χ4n) is 2.84. The molecule has 0 spiro atoms. The third-order valence-corrected chi connectivity index (χ3v) is 3.85. The van der Waals surface area contributed by atoms with Crippen molar-refractivity contribution in [2.45, 2.75) is 6.61 Å². The van der Waals surface area contributed by atoms with E-state index in [0.717, 1.165) is 33.2 Å². The molecule has 0 aliphatic heterocycles. The Labute approximate surface area is 136 Å². The minimum Gasteiger partial charge on any atom is -0.496 e. The molecule has 0 saturated heterocycles. The smallest absolute Gasteiger partial charge is 0.146 e. The van der Waals surface area contributed by atoms with Crippen LogP contribution in [0.3, 0.4) is 0 Å². The van der Waals surface area contributed by atoms with E-state index >= 15 is 0 Å². The maximum atomic E-state index is 5.58. The van der Waals surface area contributed by atoms with E-state index in [0.29, 0.717) is 6.61 Å². The first-order valence-corrected chi connectivity index (χ1v) is 7.56. The van der Waals surface area contributed by atoms with Gasteiger partial charge in [-0.05, 0) is 28.1 Å². The van der Waals surface area contributed by atoms with Crippen molar-refractivity contribution in [1.82, 2.24) is 0 Å². The van der Waals surface area contributed by atoms with Crippen LogP contribution in [0.5, 0.6) is 5.75 Å². The number of rotatable bonds is 6. The van der Waals surface area contributed by atoms with Gasteiger partial charge in [-0.2, -0.15) is 0 Å². The molecular weight excluding hydrogens is 288 g/mol. The lowest BCUT2D eigenvalue weighted by atomic mass is 9.94. The summed E-state index contributed by atoms with van der Waals surface area (Å²) in [4.78, 5) is 0. The topological polar surface area (TPSA) is 27.7 Å². The maximum absolute atomic E-state index is 5.58. The van der Waals surface area contributed by atoms with Crippen molar-refractivity contribution in [1.29, 1.82) is 0 Å². The zero-order valence-electron chi connectivity index (χ0n) is 13.4. The summed E-state index contributed by atoms with van der Waals surface area (Å²) in [7, 11) is 3.33. The van der Waals surface area contributed by atoms with Crippen molar-refractivity contribution in [2.75, 3.05) is 21.0 Å². The largest absolute Gasteiger partial charge is 0.496 e. The molecule has 0 aromatic heterocycles. The standard InChI is InChI=1S/C20H20O3/c1-21-14-23-13-16-7-3-4-10-17(16)18-11-5-8-15-9-6-12-19(22-2)20(15)18/h3-12H,13-14H2,1-2H3. The number of ether oxygens (including phenoxy) is 3. The first kappa shape index (κ1) is 15.5. The Balaban J connectivity index is 2.14. The van der Waals surface area contributed by atoms with Gasteiger partial charge in [-0.15, -0.1) is 0 Å². The second-order valence-corrected chi connectivity index (χ2v) is 5.28. The van der Waals surface area contributed by atoms with E-state index in [1.165, 1.54) is 0 Å². The van der Waals surface area contributed by atoms with Crippen LogP contribution in [0.2, 0.25) is 0 Å². The van der Waals surface area contributed by atoms with E-state index in [2.05, 4.69) is 36.4 Å². The fourth-order valence-corrected chi connectivity index (χ4v) is 2.84. The van der Waals surface area contributed by atoms with Crippen molar-refractivity contribution in [2.24, 2.45) is 0 Å². The molecule has 0 amide bonds. The molecule has 23 heavy (non-hydrogen) atoms. The summed E-state index contributed by atoms with van der Waals surface area (Å²) in [6, 6.07) is 20.7. The molecule has 0 aliphatic rings. The van der Waals surface area contributed by atoms with Crippen LogP contribution >= 0.6 is 0 Å². The van der Waals surface area contributed by atoms with E-state index in [1.807, 2.05) is 24.3 Å². The van der Waals surface area contributed by atoms with Crippen LogP contribution in [0.1, 0.15) is 5.56 Å². The summed E-state index contributed by atoms with van der Waals surface area (Å²) in [5.74, 6) is 0.880. The molecule has 0 unspecified atom stereocenters. The Hall–Kier alpha value is -2.36. The van der Waals surface area contributed by atoms with Gasteiger partial charge >= 0.3 is 0 Å². The summed E-state index contributed by atoms with van der Waals surface area (Å²) in [6.45, 7) is 0.794.